The minimum Gasteiger partial charge on any atom is -0.468 e. The first-order chi connectivity index (χ1) is 12.4. The van der Waals surface area contributed by atoms with Gasteiger partial charge in [-0.2, -0.15) is 0 Å². The molecule has 1 saturated carbocycles. The molecule has 0 N–H and O–H groups in total. The highest BCUT2D eigenvalue weighted by molar-refractivity contribution is 8.00. The number of carbonyl (C=O) groups is 1. The predicted octanol–water partition coefficient (Wildman–Crippen LogP) is 4.05. The molecule has 1 aliphatic carbocycles. The van der Waals surface area contributed by atoms with Gasteiger partial charge in [-0.15, -0.1) is 0 Å². The van der Waals surface area contributed by atoms with Crippen molar-refractivity contribution in [1.82, 2.24) is 9.55 Å². The molecule has 3 rings (SSSR count). The van der Waals surface area contributed by atoms with E-state index < -0.39 is 5.25 Å². The van der Waals surface area contributed by atoms with Crippen molar-refractivity contribution in [2.75, 3.05) is 7.11 Å². The van der Waals surface area contributed by atoms with Crippen LogP contribution in [0.25, 0.3) is 10.9 Å². The highest BCUT2D eigenvalue weighted by atomic mass is 32.2. The first-order valence-corrected chi connectivity index (χ1v) is 10.1. The maximum absolute atomic E-state index is 13.3. The number of methoxy groups -OCH3 is 1. The number of aromatic nitrogens is 2. The summed E-state index contributed by atoms with van der Waals surface area (Å²) in [6.07, 6.45) is 3.26. The van der Waals surface area contributed by atoms with Gasteiger partial charge in [-0.25, -0.2) is 4.98 Å². The Kier molecular flexibility index (Phi) is 5.70. The second-order valence-corrected chi connectivity index (χ2v) is 8.51. The van der Waals surface area contributed by atoms with Gasteiger partial charge in [0, 0.05) is 6.04 Å². The lowest BCUT2D eigenvalue weighted by molar-refractivity contribution is -0.139. The fourth-order valence-electron chi connectivity index (χ4n) is 3.79. The van der Waals surface area contributed by atoms with Crippen molar-refractivity contribution < 1.29 is 9.53 Å². The Morgan fingerprint density at radius 3 is 2.77 bits per heavy atom. The number of ether oxygens (including phenoxy) is 1. The lowest BCUT2D eigenvalue weighted by Crippen LogP contribution is -2.35. The molecule has 140 valence electrons. The van der Waals surface area contributed by atoms with Gasteiger partial charge in [-0.3, -0.25) is 14.2 Å². The summed E-state index contributed by atoms with van der Waals surface area (Å²) in [6, 6.07) is 7.53. The van der Waals surface area contributed by atoms with Crippen LogP contribution in [0, 0.1) is 11.8 Å². The van der Waals surface area contributed by atoms with Crippen LogP contribution < -0.4 is 5.56 Å². The minimum absolute atomic E-state index is 0.0129. The van der Waals surface area contributed by atoms with Crippen molar-refractivity contribution in [3.05, 3.63) is 34.6 Å². The average molecular weight is 375 g/mol. The van der Waals surface area contributed by atoms with Crippen LogP contribution in [-0.2, 0) is 9.53 Å². The molecular weight excluding hydrogens is 348 g/mol. The van der Waals surface area contributed by atoms with Crippen LogP contribution in [-0.4, -0.2) is 27.9 Å². The largest absolute Gasteiger partial charge is 0.468 e. The smallest absolute Gasteiger partial charge is 0.318 e. The summed E-state index contributed by atoms with van der Waals surface area (Å²) in [4.78, 5) is 30.0. The molecule has 1 aromatic carbocycles. The molecule has 1 aliphatic rings. The van der Waals surface area contributed by atoms with Crippen molar-refractivity contribution >= 4 is 28.6 Å². The molecule has 0 unspecified atom stereocenters. The topological polar surface area (TPSA) is 61.2 Å². The van der Waals surface area contributed by atoms with Crippen molar-refractivity contribution in [2.24, 2.45) is 11.8 Å². The first kappa shape index (κ1) is 19.0. The predicted molar refractivity (Wildman–Crippen MR) is 105 cm³/mol. The molecule has 0 aliphatic heterocycles. The van der Waals surface area contributed by atoms with Crippen LogP contribution in [0.3, 0.4) is 0 Å². The molecule has 1 heterocycles. The van der Waals surface area contributed by atoms with Gasteiger partial charge in [0.15, 0.2) is 5.16 Å². The Bertz CT molecular complexity index is 864. The molecule has 0 bridgehead atoms. The Balaban J connectivity index is 2.14. The van der Waals surface area contributed by atoms with Crippen LogP contribution in [0.4, 0.5) is 0 Å². The fourth-order valence-corrected chi connectivity index (χ4v) is 4.78. The average Bonchev–Trinajstić information content (AvgIpc) is 2.64. The second kappa shape index (κ2) is 7.82. The van der Waals surface area contributed by atoms with Crippen molar-refractivity contribution in [3.63, 3.8) is 0 Å². The second-order valence-electron chi connectivity index (χ2n) is 7.20. The van der Waals surface area contributed by atoms with Gasteiger partial charge in [-0.05, 0) is 37.3 Å². The van der Waals surface area contributed by atoms with Gasteiger partial charge in [0.1, 0.15) is 5.25 Å². The number of fused-ring (bicyclic) bond motifs is 1. The normalized spacial score (nSPS) is 24.4. The summed E-state index contributed by atoms with van der Waals surface area (Å²) in [5.74, 6) is 0.634. The Hall–Kier alpha value is -1.82. The number of thioether (sulfide) groups is 1. The van der Waals surface area contributed by atoms with E-state index >= 15 is 0 Å². The van der Waals surface area contributed by atoms with Crippen molar-refractivity contribution in [1.29, 1.82) is 0 Å². The van der Waals surface area contributed by atoms with Gasteiger partial charge in [-0.1, -0.05) is 50.6 Å². The standard InChI is InChI=1S/C20H26N2O3S/c1-12-8-7-11-17(13(12)2)22-18(23)15-9-5-6-10-16(15)21-20(22)26-14(3)19(24)25-4/h5-6,9-10,12-14,17H,7-8,11H2,1-4H3/t12-,13+,14-,17+/m0/s1. The third-order valence-electron chi connectivity index (χ3n) is 5.59. The molecule has 26 heavy (non-hydrogen) atoms. The lowest BCUT2D eigenvalue weighted by atomic mass is 9.78. The van der Waals surface area contributed by atoms with E-state index in [4.69, 9.17) is 9.72 Å². The van der Waals surface area contributed by atoms with E-state index in [1.54, 1.807) is 6.92 Å². The number of carbonyl (C=O) groups excluding carboxylic acids is 1. The van der Waals surface area contributed by atoms with Gasteiger partial charge in [0.25, 0.3) is 5.56 Å². The SMILES string of the molecule is COC(=O)[C@H](C)Sc1nc2ccccc2c(=O)n1[C@@H]1CCC[C@H](C)[C@H]1C. The Morgan fingerprint density at radius 1 is 1.31 bits per heavy atom. The summed E-state index contributed by atoms with van der Waals surface area (Å²) in [6.45, 7) is 6.25. The summed E-state index contributed by atoms with van der Waals surface area (Å²) >= 11 is 1.31. The van der Waals surface area contributed by atoms with Gasteiger partial charge >= 0.3 is 5.97 Å². The van der Waals surface area contributed by atoms with Crippen LogP contribution in [0.2, 0.25) is 0 Å². The molecule has 0 spiro atoms. The number of para-hydroxylation sites is 1. The third-order valence-corrected chi connectivity index (χ3v) is 6.63. The number of hydrogen-bond acceptors (Lipinski definition) is 5. The highest BCUT2D eigenvalue weighted by Gasteiger charge is 2.32. The maximum atomic E-state index is 13.3. The highest BCUT2D eigenvalue weighted by Crippen LogP contribution is 2.39. The van der Waals surface area contributed by atoms with E-state index in [9.17, 15) is 9.59 Å². The first-order valence-electron chi connectivity index (χ1n) is 9.19. The number of esters is 1. The molecule has 6 heteroatoms. The quantitative estimate of drug-likeness (QED) is 0.459. The molecule has 1 fully saturated rings. The van der Waals surface area contributed by atoms with Crippen molar-refractivity contribution in [3.8, 4) is 0 Å². The minimum atomic E-state index is -0.421. The van der Waals surface area contributed by atoms with E-state index in [0.717, 1.165) is 12.8 Å². The van der Waals surface area contributed by atoms with E-state index in [1.165, 1.54) is 25.3 Å². The van der Waals surface area contributed by atoms with E-state index in [1.807, 2.05) is 28.8 Å². The molecule has 5 nitrogen and oxygen atoms in total. The zero-order chi connectivity index (χ0) is 18.8. The summed E-state index contributed by atoms with van der Waals surface area (Å²) in [5.41, 5.74) is 0.658. The third kappa shape index (κ3) is 3.52. The number of nitrogens with zero attached hydrogens (tertiary/aromatic N) is 2. The molecule has 1 aromatic heterocycles. The summed E-state index contributed by atoms with van der Waals surface area (Å²) in [5, 5.41) is 0.821. The number of rotatable bonds is 4. The molecule has 4 atom stereocenters. The molecule has 2 aromatic rings. The molecule has 0 amide bonds. The van der Waals surface area contributed by atoms with Crippen LogP contribution >= 0.6 is 11.8 Å². The molecular formula is C20H26N2O3S. The maximum Gasteiger partial charge on any atom is 0.318 e. The molecule has 0 radical (unpaired) electrons. The van der Waals surface area contributed by atoms with Gasteiger partial charge in [0.2, 0.25) is 0 Å². The van der Waals surface area contributed by atoms with Crippen LogP contribution in [0.1, 0.15) is 46.1 Å². The number of hydrogen-bond donors (Lipinski definition) is 0. The van der Waals surface area contributed by atoms with Gasteiger partial charge < -0.3 is 4.74 Å². The fraction of sp³-hybridized carbons (Fsp3) is 0.550. The Morgan fingerprint density at radius 2 is 2.04 bits per heavy atom. The zero-order valence-electron chi connectivity index (χ0n) is 15.8. The van der Waals surface area contributed by atoms with E-state index in [-0.39, 0.29) is 17.6 Å². The summed E-state index contributed by atoms with van der Waals surface area (Å²) in [7, 11) is 1.38. The van der Waals surface area contributed by atoms with Crippen LogP contribution in [0.15, 0.2) is 34.2 Å². The summed E-state index contributed by atoms with van der Waals surface area (Å²) < 4.78 is 6.69. The van der Waals surface area contributed by atoms with Gasteiger partial charge in [0.05, 0.1) is 18.0 Å². The molecule has 0 saturated heterocycles. The van der Waals surface area contributed by atoms with E-state index in [2.05, 4.69) is 13.8 Å². The lowest BCUT2D eigenvalue weighted by Gasteiger charge is -2.36. The number of benzene rings is 1. The Labute approximate surface area is 158 Å². The van der Waals surface area contributed by atoms with Crippen LogP contribution in [0.5, 0.6) is 0 Å². The monoisotopic (exact) mass is 374 g/mol. The zero-order valence-corrected chi connectivity index (χ0v) is 16.6. The van der Waals surface area contributed by atoms with E-state index in [0.29, 0.717) is 27.9 Å². The van der Waals surface area contributed by atoms with Crippen molar-refractivity contribution in [2.45, 2.75) is 56.5 Å².